The van der Waals surface area contributed by atoms with Gasteiger partial charge in [0.1, 0.15) is 0 Å². The number of nitrogens with zero attached hydrogens (tertiary/aromatic N) is 4. The Morgan fingerprint density at radius 1 is 1.13 bits per heavy atom. The monoisotopic (exact) mass is 416 g/mol. The number of fused-ring (bicyclic) bond motifs is 1. The normalized spacial score (nSPS) is 17.9. The molecule has 8 heteroatoms. The number of benzene rings is 1. The first-order chi connectivity index (χ1) is 14.8. The number of aromatic nitrogens is 4. The molecule has 0 bridgehead atoms. The van der Waals surface area contributed by atoms with E-state index in [2.05, 4.69) is 42.3 Å². The molecule has 2 amide bonds. The molecule has 3 heterocycles. The minimum absolute atomic E-state index is 0.107. The summed E-state index contributed by atoms with van der Waals surface area (Å²) in [4.78, 5) is 25.7. The molecule has 30 heavy (non-hydrogen) atoms. The molecule has 2 N–H and O–H groups in total. The molecule has 0 radical (unpaired) electrons. The number of carbonyl (C=O) groups excluding carboxylic acids is 1. The fraction of sp³-hybridized carbons (Fsp3) is 0.182. The largest absolute Gasteiger partial charge is 0.332 e. The standard InChI is InChI=1S/C22H20N6OS/c29-21(27-22-25-18(13-30-22)16-5-3-9-23-12-16)26-20-17-6-2-1-4-15(17)7-8-19(20)28-11-10-24-14-28/h1-6,9-14,19-20H,7-8H2,(H2,25,26,27,29)/t19-,20-/m1/s1. The van der Waals surface area contributed by atoms with Crippen LogP contribution in [0.2, 0.25) is 0 Å². The zero-order valence-corrected chi connectivity index (χ0v) is 16.9. The molecule has 150 valence electrons. The summed E-state index contributed by atoms with van der Waals surface area (Å²) >= 11 is 1.39. The maximum absolute atomic E-state index is 12.9. The number of thiazole rings is 1. The minimum Gasteiger partial charge on any atom is -0.332 e. The zero-order chi connectivity index (χ0) is 20.3. The lowest BCUT2D eigenvalue weighted by Gasteiger charge is -2.34. The third kappa shape index (κ3) is 3.69. The number of anilines is 1. The van der Waals surface area contributed by atoms with E-state index in [1.165, 1.54) is 16.9 Å². The first-order valence-corrected chi connectivity index (χ1v) is 10.6. The highest BCUT2D eigenvalue weighted by Gasteiger charge is 2.31. The van der Waals surface area contributed by atoms with Gasteiger partial charge in [0.15, 0.2) is 5.13 Å². The van der Waals surface area contributed by atoms with E-state index in [9.17, 15) is 4.79 Å². The van der Waals surface area contributed by atoms with Gasteiger partial charge >= 0.3 is 6.03 Å². The van der Waals surface area contributed by atoms with Crippen molar-refractivity contribution in [2.24, 2.45) is 0 Å². The van der Waals surface area contributed by atoms with Gasteiger partial charge in [-0.2, -0.15) is 0 Å². The lowest BCUT2D eigenvalue weighted by Crippen LogP contribution is -2.39. The Labute approximate surface area is 177 Å². The van der Waals surface area contributed by atoms with Crippen LogP contribution in [-0.2, 0) is 6.42 Å². The number of hydrogen-bond donors (Lipinski definition) is 2. The number of nitrogens with one attached hydrogen (secondary N) is 2. The summed E-state index contributed by atoms with van der Waals surface area (Å²) in [7, 11) is 0. The van der Waals surface area contributed by atoms with Crippen LogP contribution in [0, 0.1) is 0 Å². The van der Waals surface area contributed by atoms with E-state index in [1.807, 2.05) is 42.2 Å². The maximum atomic E-state index is 12.9. The molecule has 1 aromatic carbocycles. The summed E-state index contributed by atoms with van der Waals surface area (Å²) in [6, 6.07) is 11.8. The average molecular weight is 417 g/mol. The van der Waals surface area contributed by atoms with Crippen molar-refractivity contribution < 1.29 is 4.79 Å². The van der Waals surface area contributed by atoms with Gasteiger partial charge in [-0.25, -0.2) is 14.8 Å². The van der Waals surface area contributed by atoms with E-state index in [0.717, 1.165) is 29.7 Å². The first-order valence-electron chi connectivity index (χ1n) is 9.76. The number of carbonyl (C=O) groups is 1. The maximum Gasteiger partial charge on any atom is 0.321 e. The van der Waals surface area contributed by atoms with Gasteiger partial charge in [0.25, 0.3) is 0 Å². The Kier molecular flexibility index (Phi) is 4.98. The van der Waals surface area contributed by atoms with Gasteiger partial charge in [-0.05, 0) is 36.1 Å². The van der Waals surface area contributed by atoms with Crippen LogP contribution in [0.25, 0.3) is 11.3 Å². The van der Waals surface area contributed by atoms with Crippen LogP contribution in [0.1, 0.15) is 29.6 Å². The quantitative estimate of drug-likeness (QED) is 0.515. The van der Waals surface area contributed by atoms with E-state index >= 15 is 0 Å². The fourth-order valence-electron chi connectivity index (χ4n) is 3.96. The van der Waals surface area contributed by atoms with Gasteiger partial charge in [0, 0.05) is 35.7 Å². The van der Waals surface area contributed by atoms with Gasteiger partial charge < -0.3 is 9.88 Å². The molecular weight excluding hydrogens is 396 g/mol. The molecule has 4 aromatic rings. The lowest BCUT2D eigenvalue weighted by molar-refractivity contribution is 0.239. The molecule has 0 saturated carbocycles. The number of pyridine rings is 1. The smallest absolute Gasteiger partial charge is 0.321 e. The molecule has 3 aromatic heterocycles. The predicted molar refractivity (Wildman–Crippen MR) is 116 cm³/mol. The molecule has 2 atom stereocenters. The fourth-order valence-corrected chi connectivity index (χ4v) is 4.67. The second-order valence-corrected chi connectivity index (χ2v) is 8.03. The van der Waals surface area contributed by atoms with Crippen LogP contribution in [-0.4, -0.2) is 25.6 Å². The summed E-state index contributed by atoms with van der Waals surface area (Å²) in [5, 5.41) is 8.52. The highest BCUT2D eigenvalue weighted by atomic mass is 32.1. The van der Waals surface area contributed by atoms with Crippen molar-refractivity contribution in [2.75, 3.05) is 5.32 Å². The number of rotatable bonds is 4. The number of amides is 2. The van der Waals surface area contributed by atoms with Crippen molar-refractivity contribution in [3.8, 4) is 11.3 Å². The summed E-state index contributed by atoms with van der Waals surface area (Å²) < 4.78 is 2.07. The minimum atomic E-state index is -0.270. The van der Waals surface area contributed by atoms with Gasteiger partial charge in [-0.15, -0.1) is 11.3 Å². The second-order valence-electron chi connectivity index (χ2n) is 7.17. The summed E-state index contributed by atoms with van der Waals surface area (Å²) in [6.07, 6.45) is 10.9. The van der Waals surface area contributed by atoms with E-state index < -0.39 is 0 Å². The Hall–Kier alpha value is -3.52. The molecule has 0 fully saturated rings. The predicted octanol–water partition coefficient (Wildman–Crippen LogP) is 4.45. The Morgan fingerprint density at radius 3 is 2.90 bits per heavy atom. The summed E-state index contributed by atoms with van der Waals surface area (Å²) in [5.74, 6) is 0. The van der Waals surface area contributed by atoms with Crippen LogP contribution >= 0.6 is 11.3 Å². The average Bonchev–Trinajstić information content (AvgIpc) is 3.47. The molecule has 7 nitrogen and oxygen atoms in total. The molecule has 0 saturated heterocycles. The number of aryl methyl sites for hydroxylation is 1. The van der Waals surface area contributed by atoms with E-state index in [-0.39, 0.29) is 18.1 Å². The third-order valence-corrected chi connectivity index (χ3v) is 6.12. The molecule has 0 aliphatic heterocycles. The number of imidazole rings is 1. The lowest BCUT2D eigenvalue weighted by atomic mass is 9.84. The summed E-state index contributed by atoms with van der Waals surface area (Å²) in [5.41, 5.74) is 4.13. The van der Waals surface area contributed by atoms with Crippen molar-refractivity contribution >= 4 is 22.5 Å². The van der Waals surface area contributed by atoms with Crippen LogP contribution in [0.3, 0.4) is 0 Å². The zero-order valence-electron chi connectivity index (χ0n) is 16.1. The summed E-state index contributed by atoms with van der Waals surface area (Å²) in [6.45, 7) is 0. The third-order valence-electron chi connectivity index (χ3n) is 5.36. The van der Waals surface area contributed by atoms with Crippen molar-refractivity contribution in [2.45, 2.75) is 24.9 Å². The highest BCUT2D eigenvalue weighted by molar-refractivity contribution is 7.14. The van der Waals surface area contributed by atoms with Crippen LogP contribution in [0.4, 0.5) is 9.93 Å². The van der Waals surface area contributed by atoms with Crippen molar-refractivity contribution in [1.29, 1.82) is 0 Å². The van der Waals surface area contributed by atoms with Crippen molar-refractivity contribution in [1.82, 2.24) is 24.8 Å². The van der Waals surface area contributed by atoms with E-state index in [1.54, 1.807) is 18.6 Å². The Morgan fingerprint density at radius 2 is 2.07 bits per heavy atom. The molecule has 1 aliphatic rings. The van der Waals surface area contributed by atoms with Crippen LogP contribution in [0.15, 0.2) is 72.9 Å². The highest BCUT2D eigenvalue weighted by Crippen LogP contribution is 2.37. The first kappa shape index (κ1) is 18.5. The van der Waals surface area contributed by atoms with E-state index in [0.29, 0.717) is 5.13 Å². The molecule has 0 unspecified atom stereocenters. The van der Waals surface area contributed by atoms with Crippen molar-refractivity contribution in [3.63, 3.8) is 0 Å². The number of hydrogen-bond acceptors (Lipinski definition) is 5. The number of urea groups is 1. The molecule has 5 rings (SSSR count). The Bertz CT molecular complexity index is 1140. The molecule has 1 aliphatic carbocycles. The topological polar surface area (TPSA) is 84.7 Å². The van der Waals surface area contributed by atoms with E-state index in [4.69, 9.17) is 0 Å². The SMILES string of the molecule is O=C(Nc1nc(-c2cccnc2)cs1)N[C@@H]1c2ccccc2CC[C@H]1n1ccnc1. The Balaban J connectivity index is 1.35. The van der Waals surface area contributed by atoms with Gasteiger partial charge in [-0.3, -0.25) is 10.3 Å². The second kappa shape index (κ2) is 8.08. The van der Waals surface area contributed by atoms with Crippen LogP contribution in [0.5, 0.6) is 0 Å². The van der Waals surface area contributed by atoms with Crippen molar-refractivity contribution in [3.05, 3.63) is 84.0 Å². The molecule has 0 spiro atoms. The molecular formula is C22H20N6OS. The van der Waals surface area contributed by atoms with Gasteiger partial charge in [0.2, 0.25) is 0 Å². The van der Waals surface area contributed by atoms with Gasteiger partial charge in [-0.1, -0.05) is 24.3 Å². The van der Waals surface area contributed by atoms with Gasteiger partial charge in [0.05, 0.1) is 24.1 Å². The van der Waals surface area contributed by atoms with Crippen LogP contribution < -0.4 is 10.6 Å².